The lowest BCUT2D eigenvalue weighted by molar-refractivity contribution is 0.404. The first-order valence-electron chi connectivity index (χ1n) is 8.88. The number of nitrogens with one attached hydrogen (secondary N) is 1. The molecule has 27 heavy (non-hydrogen) atoms. The van der Waals surface area contributed by atoms with Gasteiger partial charge in [-0.15, -0.1) is 0 Å². The fourth-order valence-corrected chi connectivity index (χ4v) is 3.33. The van der Waals surface area contributed by atoms with Gasteiger partial charge in [-0.25, -0.2) is 9.97 Å². The third-order valence-corrected chi connectivity index (χ3v) is 4.63. The molecular weight excluding hydrogens is 364 g/mol. The zero-order valence-electron chi connectivity index (χ0n) is 16.2. The predicted octanol–water partition coefficient (Wildman–Crippen LogP) is 4.81. The van der Waals surface area contributed by atoms with Crippen LogP contribution in [0.1, 0.15) is 39.3 Å². The largest absolute Gasteiger partial charge is 0.497 e. The molecule has 3 aromatic rings. The van der Waals surface area contributed by atoms with E-state index in [0.717, 1.165) is 17.6 Å². The number of ether oxygens (including phenoxy) is 1. The quantitative estimate of drug-likeness (QED) is 0.592. The number of rotatable bonds is 6. The van der Waals surface area contributed by atoms with Crippen LogP contribution >= 0.6 is 11.6 Å². The summed E-state index contributed by atoms with van der Waals surface area (Å²) in [5, 5.41) is 14.8. The summed E-state index contributed by atoms with van der Waals surface area (Å²) in [6, 6.07) is 8.09. The predicted molar refractivity (Wildman–Crippen MR) is 109 cm³/mol. The van der Waals surface area contributed by atoms with Crippen LogP contribution in [-0.2, 0) is 6.42 Å². The van der Waals surface area contributed by atoms with Crippen molar-refractivity contribution in [2.75, 3.05) is 12.4 Å². The van der Waals surface area contributed by atoms with E-state index in [0.29, 0.717) is 11.3 Å². The van der Waals surface area contributed by atoms with Crippen molar-refractivity contribution in [3.05, 3.63) is 41.3 Å². The molecule has 6 nitrogen and oxygen atoms in total. The van der Waals surface area contributed by atoms with E-state index < -0.39 is 0 Å². The zero-order valence-corrected chi connectivity index (χ0v) is 17.0. The highest BCUT2D eigenvalue weighted by atomic mass is 35.5. The van der Waals surface area contributed by atoms with E-state index in [1.165, 1.54) is 5.56 Å². The molecule has 7 heteroatoms. The smallest absolute Gasteiger partial charge is 0.225 e. The fraction of sp³-hybridized carbons (Fsp3) is 0.400. The van der Waals surface area contributed by atoms with Crippen LogP contribution in [-0.4, -0.2) is 32.3 Å². The Morgan fingerprint density at radius 3 is 2.48 bits per heavy atom. The van der Waals surface area contributed by atoms with Crippen LogP contribution in [0.2, 0.25) is 5.28 Å². The molecule has 0 radical (unpaired) electrons. The van der Waals surface area contributed by atoms with Crippen LogP contribution in [0, 0.1) is 0 Å². The molecule has 0 atom stereocenters. The van der Waals surface area contributed by atoms with Gasteiger partial charge < -0.3 is 19.7 Å². The molecule has 0 aliphatic rings. The van der Waals surface area contributed by atoms with Gasteiger partial charge in [0.05, 0.1) is 12.5 Å². The van der Waals surface area contributed by atoms with Gasteiger partial charge in [0, 0.05) is 17.8 Å². The number of aromatic hydroxyl groups is 1. The molecule has 0 aliphatic carbocycles. The monoisotopic (exact) mass is 388 g/mol. The number of methoxy groups -OCH3 is 1. The van der Waals surface area contributed by atoms with Crippen molar-refractivity contribution in [1.82, 2.24) is 14.5 Å². The third kappa shape index (κ3) is 4.11. The Kier molecular flexibility index (Phi) is 5.20. The van der Waals surface area contributed by atoms with E-state index in [1.54, 1.807) is 11.7 Å². The van der Waals surface area contributed by atoms with Crippen molar-refractivity contribution in [3.63, 3.8) is 0 Å². The van der Waals surface area contributed by atoms with Crippen molar-refractivity contribution in [2.24, 2.45) is 0 Å². The molecule has 3 rings (SSSR count). The highest BCUT2D eigenvalue weighted by Crippen LogP contribution is 2.34. The van der Waals surface area contributed by atoms with Crippen LogP contribution in [0.25, 0.3) is 10.9 Å². The summed E-state index contributed by atoms with van der Waals surface area (Å²) in [7, 11) is 1.66. The number of benzene rings is 1. The van der Waals surface area contributed by atoms with Crippen LogP contribution in [0.4, 0.5) is 5.82 Å². The van der Waals surface area contributed by atoms with Crippen molar-refractivity contribution in [3.8, 4) is 11.6 Å². The lowest BCUT2D eigenvalue weighted by atomic mass is 9.94. The highest BCUT2D eigenvalue weighted by molar-refractivity contribution is 6.29. The van der Waals surface area contributed by atoms with E-state index in [4.69, 9.17) is 16.3 Å². The Labute approximate surface area is 164 Å². The third-order valence-electron chi connectivity index (χ3n) is 4.46. The fourth-order valence-electron chi connectivity index (χ4n) is 3.16. The molecule has 0 bridgehead atoms. The van der Waals surface area contributed by atoms with Gasteiger partial charge in [0.2, 0.25) is 11.2 Å². The molecule has 2 aromatic heterocycles. The summed E-state index contributed by atoms with van der Waals surface area (Å²) in [4.78, 5) is 8.57. The Bertz CT molecular complexity index is 949. The number of anilines is 1. The van der Waals surface area contributed by atoms with Crippen molar-refractivity contribution < 1.29 is 9.84 Å². The van der Waals surface area contributed by atoms with Crippen molar-refractivity contribution >= 4 is 28.3 Å². The van der Waals surface area contributed by atoms with Crippen LogP contribution in [0.3, 0.4) is 0 Å². The Morgan fingerprint density at radius 2 is 1.89 bits per heavy atom. The number of halogens is 1. The number of nitrogens with zero attached hydrogens (tertiary/aromatic N) is 3. The molecule has 0 amide bonds. The summed E-state index contributed by atoms with van der Waals surface area (Å²) in [5.74, 6) is 1.54. The van der Waals surface area contributed by atoms with Gasteiger partial charge in [-0.1, -0.05) is 12.1 Å². The molecule has 144 valence electrons. The summed E-state index contributed by atoms with van der Waals surface area (Å²) >= 11 is 6.11. The topological polar surface area (TPSA) is 72.2 Å². The number of hydrogen-bond donors (Lipinski definition) is 2. The molecule has 1 aromatic carbocycles. The van der Waals surface area contributed by atoms with Crippen molar-refractivity contribution in [1.29, 1.82) is 0 Å². The second-order valence-electron chi connectivity index (χ2n) is 7.59. The zero-order chi connectivity index (χ0) is 19.8. The molecule has 2 heterocycles. The molecule has 0 saturated heterocycles. The standard InChI is InChI=1S/C20H25ClN4O2/c1-12(2)25-11-15-16(18(25)26)22-19(21)23-17(15)24-20(3,4)10-13-6-8-14(27-5)9-7-13/h6-9,11-12,26H,10H2,1-5H3,(H,22,23,24). The minimum Gasteiger partial charge on any atom is -0.497 e. The summed E-state index contributed by atoms with van der Waals surface area (Å²) in [6.07, 6.45) is 2.63. The summed E-state index contributed by atoms with van der Waals surface area (Å²) in [5.41, 5.74) is 1.33. The van der Waals surface area contributed by atoms with E-state index >= 15 is 0 Å². The molecule has 0 fully saturated rings. The molecule has 0 unspecified atom stereocenters. The molecule has 0 spiro atoms. The Morgan fingerprint density at radius 1 is 1.22 bits per heavy atom. The minimum absolute atomic E-state index is 0.0955. The van der Waals surface area contributed by atoms with Crippen LogP contribution in [0.15, 0.2) is 30.5 Å². The van der Waals surface area contributed by atoms with E-state index in [-0.39, 0.29) is 22.7 Å². The number of fused-ring (bicyclic) bond motifs is 1. The van der Waals surface area contributed by atoms with Gasteiger partial charge in [0.15, 0.2) is 0 Å². The summed E-state index contributed by atoms with van der Waals surface area (Å²) < 4.78 is 6.98. The SMILES string of the molecule is COc1ccc(CC(C)(C)Nc2nc(Cl)nc3c(O)n(C(C)C)cc23)cc1. The minimum atomic E-state index is -0.297. The van der Waals surface area contributed by atoms with Gasteiger partial charge in [0.25, 0.3) is 0 Å². The summed E-state index contributed by atoms with van der Waals surface area (Å²) in [6.45, 7) is 8.18. The maximum Gasteiger partial charge on any atom is 0.225 e. The normalized spacial score (nSPS) is 12.0. The second kappa shape index (κ2) is 7.27. The Hall–Kier alpha value is -2.47. The average molecular weight is 389 g/mol. The van der Waals surface area contributed by atoms with E-state index in [1.807, 2.05) is 44.3 Å². The lowest BCUT2D eigenvalue weighted by Crippen LogP contribution is -2.34. The van der Waals surface area contributed by atoms with Crippen LogP contribution in [0.5, 0.6) is 11.6 Å². The van der Waals surface area contributed by atoms with Crippen LogP contribution < -0.4 is 10.1 Å². The molecular formula is C20H25ClN4O2. The first kappa shape index (κ1) is 19.3. The van der Waals surface area contributed by atoms with Gasteiger partial charge in [-0.05, 0) is 63.4 Å². The average Bonchev–Trinajstić information content (AvgIpc) is 2.92. The number of hydrogen-bond acceptors (Lipinski definition) is 5. The van der Waals surface area contributed by atoms with Gasteiger partial charge in [-0.2, -0.15) is 0 Å². The van der Waals surface area contributed by atoms with E-state index in [9.17, 15) is 5.11 Å². The van der Waals surface area contributed by atoms with Crippen molar-refractivity contribution in [2.45, 2.75) is 45.7 Å². The highest BCUT2D eigenvalue weighted by Gasteiger charge is 2.23. The first-order valence-corrected chi connectivity index (χ1v) is 9.26. The molecule has 2 N–H and O–H groups in total. The van der Waals surface area contributed by atoms with Gasteiger partial charge in [0.1, 0.15) is 17.1 Å². The van der Waals surface area contributed by atoms with Gasteiger partial charge >= 0.3 is 0 Å². The van der Waals surface area contributed by atoms with E-state index in [2.05, 4.69) is 29.1 Å². The maximum atomic E-state index is 10.5. The second-order valence-corrected chi connectivity index (χ2v) is 7.93. The number of aromatic nitrogens is 3. The molecule has 0 saturated carbocycles. The first-order chi connectivity index (χ1) is 12.7. The molecule has 0 aliphatic heterocycles. The van der Waals surface area contributed by atoms with Gasteiger partial charge in [-0.3, -0.25) is 0 Å². The Balaban J connectivity index is 1.93. The lowest BCUT2D eigenvalue weighted by Gasteiger charge is -2.27. The maximum absolute atomic E-state index is 10.5.